The first-order chi connectivity index (χ1) is 16.0. The van der Waals surface area contributed by atoms with Crippen LogP contribution in [0.5, 0.6) is 0 Å². The largest absolute Gasteiger partial charge is 0.276 e. The van der Waals surface area contributed by atoms with E-state index in [9.17, 15) is 13.7 Å². The molecule has 2 heterocycles. The molecule has 0 aliphatic rings. The summed E-state index contributed by atoms with van der Waals surface area (Å²) in [4.78, 5) is 0.223. The first-order valence-electron chi connectivity index (χ1n) is 10.5. The highest BCUT2D eigenvalue weighted by Gasteiger charge is 2.22. The third-order valence-corrected chi connectivity index (χ3v) is 8.42. The lowest BCUT2D eigenvalue weighted by Crippen LogP contribution is -2.30. The summed E-state index contributed by atoms with van der Waals surface area (Å²) in [5, 5.41) is 18.4. The zero-order valence-corrected chi connectivity index (χ0v) is 20.0. The average Bonchev–Trinajstić information content (AvgIpc) is 3.26. The summed E-state index contributed by atoms with van der Waals surface area (Å²) in [5.74, 6) is 0.647. The van der Waals surface area contributed by atoms with Crippen LogP contribution in [0.15, 0.2) is 76.9 Å². The Labute approximate surface area is 197 Å². The molecule has 0 unspecified atom stereocenters. The minimum absolute atomic E-state index is 0.223. The zero-order chi connectivity index (χ0) is 23.4. The van der Waals surface area contributed by atoms with Gasteiger partial charge in [0.1, 0.15) is 0 Å². The minimum Gasteiger partial charge on any atom is -0.276 e. The van der Waals surface area contributed by atoms with Gasteiger partial charge in [0, 0.05) is 25.0 Å². The first-order valence-corrected chi connectivity index (χ1v) is 13.0. The van der Waals surface area contributed by atoms with Crippen LogP contribution in [0.25, 0.3) is 16.8 Å². The molecule has 0 saturated heterocycles. The maximum atomic E-state index is 12.9. The van der Waals surface area contributed by atoms with Crippen LogP contribution in [0.2, 0.25) is 0 Å². The van der Waals surface area contributed by atoms with Crippen LogP contribution in [0, 0.1) is 11.3 Å². The summed E-state index contributed by atoms with van der Waals surface area (Å²) >= 11 is 1.49. The predicted molar refractivity (Wildman–Crippen MR) is 129 cm³/mol. The molecule has 2 aromatic heterocycles. The fourth-order valence-electron chi connectivity index (χ4n) is 3.57. The van der Waals surface area contributed by atoms with E-state index in [4.69, 9.17) is 0 Å². The van der Waals surface area contributed by atoms with Gasteiger partial charge in [0.25, 0.3) is 0 Å². The maximum absolute atomic E-state index is 12.9. The number of aromatic nitrogens is 3. The highest BCUT2D eigenvalue weighted by Crippen LogP contribution is 2.27. The molecule has 0 aliphatic carbocycles. The molecule has 0 bridgehead atoms. The van der Waals surface area contributed by atoms with E-state index in [0.717, 1.165) is 16.7 Å². The first kappa shape index (κ1) is 23.0. The standard InChI is InChI=1S/C24H23N5O2S2/c1-3-28(4-2)33(30,31)21-13-14-23-26-27-24(29(23)16-21)32-17-18-9-11-19(12-10-18)22-8-6-5-7-20(22)15-25/h5-14,16H,3-4,17H2,1-2H3. The van der Waals surface area contributed by atoms with E-state index in [0.29, 0.717) is 35.2 Å². The van der Waals surface area contributed by atoms with Crippen LogP contribution in [0.3, 0.4) is 0 Å². The van der Waals surface area contributed by atoms with Crippen LogP contribution in [-0.2, 0) is 15.8 Å². The predicted octanol–water partition coefficient (Wildman–Crippen LogP) is 4.59. The second kappa shape index (κ2) is 9.75. The maximum Gasteiger partial charge on any atom is 0.244 e. The van der Waals surface area contributed by atoms with Crippen molar-refractivity contribution >= 4 is 27.4 Å². The molecule has 2 aromatic carbocycles. The lowest BCUT2D eigenvalue weighted by atomic mass is 10.00. The van der Waals surface area contributed by atoms with E-state index in [2.05, 4.69) is 16.3 Å². The van der Waals surface area contributed by atoms with Gasteiger partial charge in [-0.25, -0.2) is 8.42 Å². The van der Waals surface area contributed by atoms with E-state index < -0.39 is 10.0 Å². The van der Waals surface area contributed by atoms with Gasteiger partial charge in [-0.1, -0.05) is 68.1 Å². The second-order valence-corrected chi connectivity index (χ2v) is 10.2. The molecule has 168 valence electrons. The van der Waals surface area contributed by atoms with Crippen LogP contribution in [0.1, 0.15) is 25.0 Å². The second-order valence-electron chi connectivity index (χ2n) is 7.31. The van der Waals surface area contributed by atoms with Gasteiger partial charge >= 0.3 is 0 Å². The molecule has 0 amide bonds. The van der Waals surface area contributed by atoms with Crippen molar-refractivity contribution in [3.8, 4) is 17.2 Å². The summed E-state index contributed by atoms with van der Waals surface area (Å²) < 4.78 is 28.9. The van der Waals surface area contributed by atoms with Crippen molar-refractivity contribution in [2.24, 2.45) is 0 Å². The molecule has 0 saturated carbocycles. The SMILES string of the molecule is CCN(CC)S(=O)(=O)c1ccc2nnc(SCc3ccc(-c4ccccc4C#N)cc3)n2c1. The Morgan fingerprint density at radius 1 is 1.00 bits per heavy atom. The number of hydrogen-bond acceptors (Lipinski definition) is 6. The molecule has 33 heavy (non-hydrogen) atoms. The van der Waals surface area contributed by atoms with Gasteiger partial charge < -0.3 is 0 Å². The van der Waals surface area contributed by atoms with Crippen molar-refractivity contribution in [1.29, 1.82) is 5.26 Å². The Bertz CT molecular complexity index is 1420. The van der Waals surface area contributed by atoms with Crippen molar-refractivity contribution in [3.63, 3.8) is 0 Å². The topological polar surface area (TPSA) is 91.4 Å². The van der Waals surface area contributed by atoms with Crippen molar-refractivity contribution in [2.75, 3.05) is 13.1 Å². The third kappa shape index (κ3) is 4.64. The summed E-state index contributed by atoms with van der Waals surface area (Å²) in [7, 11) is -3.57. The Morgan fingerprint density at radius 2 is 1.73 bits per heavy atom. The third-order valence-electron chi connectivity index (χ3n) is 5.37. The number of fused-ring (bicyclic) bond motifs is 1. The van der Waals surface area contributed by atoms with Gasteiger partial charge in [0.05, 0.1) is 16.5 Å². The average molecular weight is 478 g/mol. The molecule has 0 spiro atoms. The normalized spacial score (nSPS) is 11.7. The fraction of sp³-hybridized carbons (Fsp3) is 0.208. The number of sulfonamides is 1. The number of rotatable bonds is 8. The summed E-state index contributed by atoms with van der Waals surface area (Å²) in [6.07, 6.45) is 1.59. The summed E-state index contributed by atoms with van der Waals surface area (Å²) in [5.41, 5.74) is 4.22. The molecule has 4 aromatic rings. The lowest BCUT2D eigenvalue weighted by Gasteiger charge is -2.18. The highest BCUT2D eigenvalue weighted by atomic mass is 32.2. The molecule has 0 N–H and O–H groups in total. The van der Waals surface area contributed by atoms with Crippen LogP contribution < -0.4 is 0 Å². The van der Waals surface area contributed by atoms with Gasteiger partial charge in [0.15, 0.2) is 10.8 Å². The number of thioether (sulfide) groups is 1. The van der Waals surface area contributed by atoms with E-state index in [1.54, 1.807) is 22.7 Å². The summed E-state index contributed by atoms with van der Waals surface area (Å²) in [6, 6.07) is 21.1. The highest BCUT2D eigenvalue weighted by molar-refractivity contribution is 7.98. The van der Waals surface area contributed by atoms with E-state index in [1.165, 1.54) is 16.1 Å². The summed E-state index contributed by atoms with van der Waals surface area (Å²) in [6.45, 7) is 4.47. The molecule has 7 nitrogen and oxygen atoms in total. The Morgan fingerprint density at radius 3 is 2.42 bits per heavy atom. The van der Waals surface area contributed by atoms with E-state index >= 15 is 0 Å². The molecular formula is C24H23N5O2S2. The minimum atomic E-state index is -3.57. The quantitative estimate of drug-likeness (QED) is 0.345. The van der Waals surface area contributed by atoms with Crippen LogP contribution in [-0.4, -0.2) is 40.4 Å². The smallest absolute Gasteiger partial charge is 0.244 e. The molecule has 0 aliphatic heterocycles. The number of pyridine rings is 1. The number of benzene rings is 2. The van der Waals surface area contributed by atoms with Gasteiger partial charge in [-0.3, -0.25) is 4.40 Å². The zero-order valence-electron chi connectivity index (χ0n) is 18.3. The molecule has 4 rings (SSSR count). The lowest BCUT2D eigenvalue weighted by molar-refractivity contribution is 0.445. The van der Waals surface area contributed by atoms with Crippen molar-refractivity contribution in [1.82, 2.24) is 18.9 Å². The monoisotopic (exact) mass is 477 g/mol. The Kier molecular flexibility index (Phi) is 6.79. The molecule has 0 atom stereocenters. The van der Waals surface area contributed by atoms with E-state index in [-0.39, 0.29) is 4.90 Å². The van der Waals surface area contributed by atoms with Crippen LogP contribution in [0.4, 0.5) is 0 Å². The molecule has 9 heteroatoms. The van der Waals surface area contributed by atoms with Gasteiger partial charge in [-0.05, 0) is 34.9 Å². The van der Waals surface area contributed by atoms with Crippen LogP contribution >= 0.6 is 11.8 Å². The van der Waals surface area contributed by atoms with Crippen molar-refractivity contribution in [2.45, 2.75) is 29.7 Å². The van der Waals surface area contributed by atoms with Gasteiger partial charge in [0.2, 0.25) is 10.0 Å². The number of hydrogen-bond donors (Lipinski definition) is 0. The van der Waals surface area contributed by atoms with Gasteiger partial charge in [-0.15, -0.1) is 10.2 Å². The molecular weight excluding hydrogens is 454 g/mol. The Balaban J connectivity index is 1.55. The van der Waals surface area contributed by atoms with Gasteiger partial charge in [-0.2, -0.15) is 9.57 Å². The van der Waals surface area contributed by atoms with E-state index in [1.807, 2.05) is 62.4 Å². The fourth-order valence-corrected chi connectivity index (χ4v) is 5.90. The molecule has 0 fully saturated rings. The molecule has 0 radical (unpaired) electrons. The van der Waals surface area contributed by atoms with Crippen molar-refractivity contribution in [3.05, 3.63) is 78.0 Å². The number of nitrogens with zero attached hydrogens (tertiary/aromatic N) is 5. The Hall–Kier alpha value is -3.19. The van der Waals surface area contributed by atoms with Crippen molar-refractivity contribution < 1.29 is 8.42 Å². The number of nitriles is 1.